The molecule has 1 aromatic rings. The zero-order valence-corrected chi connectivity index (χ0v) is 11.0. The highest BCUT2D eigenvalue weighted by Crippen LogP contribution is 2.30. The van der Waals surface area contributed by atoms with Gasteiger partial charge in [0.05, 0.1) is 15.6 Å². The predicted molar refractivity (Wildman–Crippen MR) is 69.0 cm³/mol. The molecule has 1 atom stereocenters. The number of aliphatic hydroxyl groups is 1. The minimum Gasteiger partial charge on any atom is -0.388 e. The largest absolute Gasteiger partial charge is 0.388 e. The number of hydrogen-bond acceptors (Lipinski definition) is 2. The molecule has 0 bridgehead atoms. The summed E-state index contributed by atoms with van der Waals surface area (Å²) in [6, 6.07) is 5.41. The molecular formula is C12H17Cl2NO. The molecule has 0 aliphatic rings. The average Bonchev–Trinajstić information content (AvgIpc) is 2.24. The molecule has 0 fully saturated rings. The summed E-state index contributed by atoms with van der Waals surface area (Å²) >= 11 is 12.0. The third kappa shape index (κ3) is 2.89. The Morgan fingerprint density at radius 1 is 1.38 bits per heavy atom. The van der Waals surface area contributed by atoms with Crippen molar-refractivity contribution < 1.29 is 5.11 Å². The van der Waals surface area contributed by atoms with Crippen LogP contribution in [0.15, 0.2) is 18.2 Å². The van der Waals surface area contributed by atoms with Gasteiger partial charge in [0, 0.05) is 13.0 Å². The number of nitrogens with two attached hydrogens (primary N) is 1. The van der Waals surface area contributed by atoms with Crippen molar-refractivity contribution in [1.29, 1.82) is 0 Å². The molecule has 1 aromatic carbocycles. The smallest absolute Gasteiger partial charge is 0.0832 e. The molecule has 0 spiro atoms. The van der Waals surface area contributed by atoms with Gasteiger partial charge in [0.2, 0.25) is 0 Å². The molecule has 0 aliphatic heterocycles. The summed E-state index contributed by atoms with van der Waals surface area (Å²) in [5, 5.41) is 11.3. The number of benzene rings is 1. The molecule has 0 saturated carbocycles. The van der Waals surface area contributed by atoms with Crippen LogP contribution in [0.4, 0.5) is 0 Å². The fraction of sp³-hybridized carbons (Fsp3) is 0.500. The lowest BCUT2D eigenvalue weighted by atomic mass is 9.84. The van der Waals surface area contributed by atoms with Gasteiger partial charge in [-0.05, 0) is 17.5 Å². The van der Waals surface area contributed by atoms with E-state index in [1.807, 2.05) is 26.0 Å². The first-order valence-electron chi connectivity index (χ1n) is 5.26. The van der Waals surface area contributed by atoms with E-state index in [2.05, 4.69) is 0 Å². The van der Waals surface area contributed by atoms with Gasteiger partial charge in [-0.3, -0.25) is 0 Å². The molecule has 0 heterocycles. The molecule has 0 aliphatic carbocycles. The number of hydrogen-bond donors (Lipinski definition) is 2. The van der Waals surface area contributed by atoms with Crippen LogP contribution >= 0.6 is 23.2 Å². The lowest BCUT2D eigenvalue weighted by molar-refractivity contribution is 0.00410. The first-order chi connectivity index (χ1) is 7.40. The number of rotatable bonds is 4. The standard InChI is InChI=1S/C12H17Cl2NO/c1-8(2)12(16,7-15)6-9-4-3-5-10(13)11(9)14/h3-5,8,16H,6-7,15H2,1-2H3. The van der Waals surface area contributed by atoms with Crippen molar-refractivity contribution in [3.05, 3.63) is 33.8 Å². The van der Waals surface area contributed by atoms with Crippen molar-refractivity contribution in [3.8, 4) is 0 Å². The predicted octanol–water partition coefficient (Wildman–Crippen LogP) is 2.88. The van der Waals surface area contributed by atoms with E-state index >= 15 is 0 Å². The molecule has 2 nitrogen and oxygen atoms in total. The average molecular weight is 262 g/mol. The van der Waals surface area contributed by atoms with Crippen LogP contribution in [-0.2, 0) is 6.42 Å². The molecule has 3 N–H and O–H groups in total. The van der Waals surface area contributed by atoms with Gasteiger partial charge >= 0.3 is 0 Å². The number of halogens is 2. The molecule has 0 radical (unpaired) electrons. The van der Waals surface area contributed by atoms with Crippen LogP contribution in [0.25, 0.3) is 0 Å². The van der Waals surface area contributed by atoms with E-state index in [9.17, 15) is 5.11 Å². The van der Waals surface area contributed by atoms with E-state index in [1.165, 1.54) is 0 Å². The lowest BCUT2D eigenvalue weighted by Crippen LogP contribution is -2.44. The van der Waals surface area contributed by atoms with Crippen molar-refractivity contribution in [2.75, 3.05) is 6.54 Å². The minimum atomic E-state index is -0.936. The fourth-order valence-corrected chi connectivity index (χ4v) is 1.91. The Morgan fingerprint density at radius 2 is 2.00 bits per heavy atom. The molecule has 4 heteroatoms. The molecule has 1 unspecified atom stereocenters. The van der Waals surface area contributed by atoms with Crippen LogP contribution in [0.5, 0.6) is 0 Å². The van der Waals surface area contributed by atoms with E-state index in [1.54, 1.807) is 6.07 Å². The van der Waals surface area contributed by atoms with E-state index in [-0.39, 0.29) is 12.5 Å². The quantitative estimate of drug-likeness (QED) is 0.876. The highest BCUT2D eigenvalue weighted by Gasteiger charge is 2.30. The zero-order valence-electron chi connectivity index (χ0n) is 9.50. The maximum Gasteiger partial charge on any atom is 0.0832 e. The van der Waals surface area contributed by atoms with Gasteiger partial charge in [-0.1, -0.05) is 49.2 Å². The monoisotopic (exact) mass is 261 g/mol. The van der Waals surface area contributed by atoms with E-state index in [0.29, 0.717) is 16.5 Å². The van der Waals surface area contributed by atoms with E-state index < -0.39 is 5.60 Å². The van der Waals surface area contributed by atoms with Crippen molar-refractivity contribution in [3.63, 3.8) is 0 Å². The second kappa shape index (κ2) is 5.37. The molecule has 0 saturated heterocycles. The Morgan fingerprint density at radius 3 is 2.50 bits per heavy atom. The Kier molecular flexibility index (Phi) is 4.62. The summed E-state index contributed by atoms with van der Waals surface area (Å²) in [5.74, 6) is 0.0625. The summed E-state index contributed by atoms with van der Waals surface area (Å²) in [6.07, 6.45) is 0.417. The first kappa shape index (κ1) is 13.8. The highest BCUT2D eigenvalue weighted by atomic mass is 35.5. The Bertz CT molecular complexity index is 368. The lowest BCUT2D eigenvalue weighted by Gasteiger charge is -2.31. The van der Waals surface area contributed by atoms with E-state index in [4.69, 9.17) is 28.9 Å². The second-order valence-electron chi connectivity index (χ2n) is 4.35. The summed E-state index contributed by atoms with van der Waals surface area (Å²) < 4.78 is 0. The van der Waals surface area contributed by atoms with Crippen LogP contribution < -0.4 is 5.73 Å². The Balaban J connectivity index is 2.99. The topological polar surface area (TPSA) is 46.2 Å². The summed E-state index contributed by atoms with van der Waals surface area (Å²) in [6.45, 7) is 4.07. The summed E-state index contributed by atoms with van der Waals surface area (Å²) in [4.78, 5) is 0. The van der Waals surface area contributed by atoms with Gasteiger partial charge in [0.15, 0.2) is 0 Å². The second-order valence-corrected chi connectivity index (χ2v) is 5.14. The maximum absolute atomic E-state index is 10.3. The van der Waals surface area contributed by atoms with Gasteiger partial charge in [-0.15, -0.1) is 0 Å². The molecular weight excluding hydrogens is 245 g/mol. The van der Waals surface area contributed by atoms with Crippen molar-refractivity contribution >= 4 is 23.2 Å². The zero-order chi connectivity index (χ0) is 12.3. The minimum absolute atomic E-state index is 0.0625. The Hall–Kier alpha value is -0.280. The third-order valence-electron chi connectivity index (χ3n) is 2.96. The normalized spacial score (nSPS) is 15.2. The van der Waals surface area contributed by atoms with Gasteiger partial charge in [0.1, 0.15) is 0 Å². The van der Waals surface area contributed by atoms with Gasteiger partial charge in [-0.2, -0.15) is 0 Å². The van der Waals surface area contributed by atoms with Crippen molar-refractivity contribution in [2.24, 2.45) is 11.7 Å². The Labute approximate surface area is 106 Å². The molecule has 1 rings (SSSR count). The van der Waals surface area contributed by atoms with Crippen LogP contribution in [0.2, 0.25) is 10.0 Å². The molecule has 0 aromatic heterocycles. The van der Waals surface area contributed by atoms with Crippen LogP contribution in [-0.4, -0.2) is 17.3 Å². The van der Waals surface area contributed by atoms with Gasteiger partial charge in [0.25, 0.3) is 0 Å². The van der Waals surface area contributed by atoms with Crippen LogP contribution in [0.1, 0.15) is 19.4 Å². The van der Waals surface area contributed by atoms with Crippen molar-refractivity contribution in [2.45, 2.75) is 25.9 Å². The third-order valence-corrected chi connectivity index (χ3v) is 3.81. The fourth-order valence-electron chi connectivity index (χ4n) is 1.53. The van der Waals surface area contributed by atoms with Crippen molar-refractivity contribution in [1.82, 2.24) is 0 Å². The van der Waals surface area contributed by atoms with Gasteiger partial charge in [-0.25, -0.2) is 0 Å². The summed E-state index contributed by atoms with van der Waals surface area (Å²) in [5.41, 5.74) is 5.51. The highest BCUT2D eigenvalue weighted by molar-refractivity contribution is 6.42. The van der Waals surface area contributed by atoms with Gasteiger partial charge < -0.3 is 10.8 Å². The van der Waals surface area contributed by atoms with Crippen LogP contribution in [0.3, 0.4) is 0 Å². The summed E-state index contributed by atoms with van der Waals surface area (Å²) in [7, 11) is 0. The maximum atomic E-state index is 10.3. The molecule has 90 valence electrons. The SMILES string of the molecule is CC(C)C(O)(CN)Cc1cccc(Cl)c1Cl. The van der Waals surface area contributed by atoms with Crippen LogP contribution in [0, 0.1) is 5.92 Å². The van der Waals surface area contributed by atoms with E-state index in [0.717, 1.165) is 5.56 Å². The molecule has 0 amide bonds. The first-order valence-corrected chi connectivity index (χ1v) is 6.01. The molecule has 16 heavy (non-hydrogen) atoms.